The van der Waals surface area contributed by atoms with Crippen molar-refractivity contribution in [3.05, 3.63) is 29.6 Å². The average Bonchev–Trinajstić information content (AvgIpc) is 2.30. The minimum atomic E-state index is 0.701. The first-order valence-corrected chi connectivity index (χ1v) is 4.09. The van der Waals surface area contributed by atoms with Crippen LogP contribution in [0.1, 0.15) is 16.4 Å². The summed E-state index contributed by atoms with van der Waals surface area (Å²) in [4.78, 5) is 4.28. The smallest absolute Gasteiger partial charge is 0.0740 e. The topological polar surface area (TPSA) is 12.9 Å². The number of aryl methyl sites for hydroxylation is 1. The molecule has 0 aliphatic heterocycles. The minimum Gasteiger partial charge on any atom is -0.249 e. The van der Waals surface area contributed by atoms with Gasteiger partial charge in [-0.2, -0.15) is 0 Å². The summed E-state index contributed by atoms with van der Waals surface area (Å²) in [5.41, 5.74) is 2.16. The van der Waals surface area contributed by atoms with Crippen LogP contribution in [0.3, 0.4) is 0 Å². The van der Waals surface area contributed by atoms with Crippen LogP contribution in [0, 0.1) is 6.92 Å². The molecule has 1 atom stereocenters. The Hall–Kier alpha value is -0.810. The van der Waals surface area contributed by atoms with E-state index in [9.17, 15) is 0 Å². The van der Waals surface area contributed by atoms with E-state index in [1.165, 1.54) is 10.7 Å². The fourth-order valence-corrected chi connectivity index (χ4v) is 1.79. The Morgan fingerprint density at radius 2 is 2.10 bits per heavy atom. The first-order valence-electron chi connectivity index (χ1n) is 3.09. The third-order valence-corrected chi connectivity index (χ3v) is 2.48. The first-order chi connectivity index (χ1) is 4.77. The molecule has 10 heavy (non-hydrogen) atoms. The van der Waals surface area contributed by atoms with Crippen LogP contribution < -0.4 is 0 Å². The summed E-state index contributed by atoms with van der Waals surface area (Å²) in [5, 5.41) is 1.22. The van der Waals surface area contributed by atoms with Crippen molar-refractivity contribution in [3.63, 3.8) is 0 Å². The fraction of sp³-hybridized carbons (Fsp3) is 0.125. The second-order valence-electron chi connectivity index (χ2n) is 2.03. The Balaban J connectivity index is 3.20. The molecular weight excluding hydrogens is 141 g/mol. The van der Waals surface area contributed by atoms with E-state index >= 15 is 0 Å². The van der Waals surface area contributed by atoms with Crippen LogP contribution in [0.15, 0.2) is 13.2 Å². The molecule has 0 aromatic carbocycles. The molecule has 1 unspecified atom stereocenters. The van der Waals surface area contributed by atoms with Crippen molar-refractivity contribution in [2.24, 2.45) is 0 Å². The second-order valence-corrected chi connectivity index (χ2v) is 3.54. The highest BCUT2D eigenvalue weighted by molar-refractivity contribution is 7.32. The zero-order valence-electron chi connectivity index (χ0n) is 6.02. The summed E-state index contributed by atoms with van der Waals surface area (Å²) in [6.07, 6.45) is 3.63. The Kier molecular flexibility index (Phi) is 2.08. The maximum absolute atomic E-state index is 4.28. The molecule has 2 heteroatoms. The van der Waals surface area contributed by atoms with E-state index < -0.39 is 0 Å². The molecule has 0 saturated heterocycles. The molecule has 0 fully saturated rings. The van der Waals surface area contributed by atoms with Gasteiger partial charge in [0.15, 0.2) is 0 Å². The van der Waals surface area contributed by atoms with Crippen molar-refractivity contribution in [2.75, 3.05) is 0 Å². The highest BCUT2D eigenvalue weighted by Crippen LogP contribution is 2.24. The average molecular weight is 151 g/mol. The van der Waals surface area contributed by atoms with Gasteiger partial charge in [0.2, 0.25) is 0 Å². The Bertz CT molecular complexity index is 235. The molecule has 1 nitrogen and oxygen atoms in total. The second kappa shape index (κ2) is 2.85. The Morgan fingerprint density at radius 1 is 1.40 bits per heavy atom. The minimum absolute atomic E-state index is 0.701. The van der Waals surface area contributed by atoms with Gasteiger partial charge in [-0.05, 0) is 13.0 Å². The quantitative estimate of drug-likeness (QED) is 0.633. The molecule has 0 bridgehead atoms. The number of hydrogen-bond acceptors (Lipinski definition) is 1. The first kappa shape index (κ1) is 7.30. The summed E-state index contributed by atoms with van der Waals surface area (Å²) in [5.74, 6) is 0. The normalized spacial score (nSPS) is 10.1. The summed E-state index contributed by atoms with van der Waals surface area (Å²) in [6, 6.07) is 0. The van der Waals surface area contributed by atoms with Crippen molar-refractivity contribution in [1.82, 2.24) is 4.98 Å². The molecule has 0 aliphatic rings. The standard InChI is InChI=1S/C8H10NP/c1-4-7-8(5-2)10-6(3)9-7/h4-5,10H,1-2H2,3H3. The Morgan fingerprint density at radius 3 is 2.50 bits per heavy atom. The lowest BCUT2D eigenvalue weighted by molar-refractivity contribution is 1.27. The van der Waals surface area contributed by atoms with Gasteiger partial charge in [-0.15, -0.1) is 8.19 Å². The molecule has 1 aromatic rings. The van der Waals surface area contributed by atoms with Gasteiger partial charge in [-0.25, -0.2) is 4.98 Å². The van der Waals surface area contributed by atoms with Crippen molar-refractivity contribution < 1.29 is 0 Å². The van der Waals surface area contributed by atoms with E-state index in [-0.39, 0.29) is 0 Å². The maximum Gasteiger partial charge on any atom is 0.0740 e. The van der Waals surface area contributed by atoms with Gasteiger partial charge in [0.1, 0.15) is 0 Å². The van der Waals surface area contributed by atoms with E-state index in [0.29, 0.717) is 8.19 Å². The lowest BCUT2D eigenvalue weighted by atomic mass is 10.3. The molecular formula is C8H10NP. The van der Waals surface area contributed by atoms with Crippen LogP contribution in [0.4, 0.5) is 0 Å². The summed E-state index contributed by atoms with van der Waals surface area (Å²) in [7, 11) is 0.701. The molecule has 0 spiro atoms. The molecule has 52 valence electrons. The molecule has 0 amide bonds. The zero-order valence-corrected chi connectivity index (χ0v) is 7.02. The van der Waals surface area contributed by atoms with Crippen molar-refractivity contribution in [3.8, 4) is 0 Å². The molecule has 0 radical (unpaired) electrons. The van der Waals surface area contributed by atoms with Gasteiger partial charge in [-0.1, -0.05) is 19.2 Å². The van der Waals surface area contributed by atoms with E-state index in [4.69, 9.17) is 0 Å². The third-order valence-electron chi connectivity index (χ3n) is 1.28. The number of nitrogens with zero attached hydrogens (tertiary/aromatic N) is 1. The van der Waals surface area contributed by atoms with Gasteiger partial charge in [0.05, 0.1) is 11.1 Å². The van der Waals surface area contributed by atoms with Crippen molar-refractivity contribution in [2.45, 2.75) is 6.92 Å². The highest BCUT2D eigenvalue weighted by Gasteiger charge is 1.98. The van der Waals surface area contributed by atoms with Gasteiger partial charge in [0, 0.05) is 5.30 Å². The van der Waals surface area contributed by atoms with Gasteiger partial charge >= 0.3 is 0 Å². The van der Waals surface area contributed by atoms with E-state index in [1.54, 1.807) is 6.08 Å². The summed E-state index contributed by atoms with van der Waals surface area (Å²) >= 11 is 0. The van der Waals surface area contributed by atoms with Gasteiger partial charge in [0.25, 0.3) is 0 Å². The summed E-state index contributed by atoms with van der Waals surface area (Å²) in [6.45, 7) is 9.40. The van der Waals surface area contributed by atoms with E-state index in [0.717, 1.165) is 5.69 Å². The Labute approximate surface area is 62.6 Å². The lowest BCUT2D eigenvalue weighted by Gasteiger charge is -1.84. The molecule has 0 N–H and O–H groups in total. The van der Waals surface area contributed by atoms with Crippen LogP contribution in [0.5, 0.6) is 0 Å². The van der Waals surface area contributed by atoms with Crippen LogP contribution in [-0.4, -0.2) is 4.98 Å². The maximum atomic E-state index is 4.28. The summed E-state index contributed by atoms with van der Waals surface area (Å²) < 4.78 is 0. The van der Waals surface area contributed by atoms with Gasteiger partial charge < -0.3 is 0 Å². The largest absolute Gasteiger partial charge is 0.249 e. The van der Waals surface area contributed by atoms with E-state index in [2.05, 4.69) is 18.1 Å². The molecule has 0 aliphatic carbocycles. The van der Waals surface area contributed by atoms with Crippen LogP contribution in [0.2, 0.25) is 0 Å². The zero-order chi connectivity index (χ0) is 7.56. The number of hydrogen-bond donors (Lipinski definition) is 0. The third kappa shape index (κ3) is 1.19. The predicted molar refractivity (Wildman–Crippen MR) is 48.7 cm³/mol. The fourth-order valence-electron chi connectivity index (χ4n) is 0.839. The predicted octanol–water partition coefficient (Wildman–Crippen LogP) is 2.71. The van der Waals surface area contributed by atoms with Crippen molar-refractivity contribution >= 4 is 20.3 Å². The van der Waals surface area contributed by atoms with Gasteiger partial charge in [-0.3, -0.25) is 0 Å². The lowest BCUT2D eigenvalue weighted by Crippen LogP contribution is -1.72. The SMILES string of the molecule is C=Cc1nc(C)[pH]c1C=C. The van der Waals surface area contributed by atoms with E-state index in [1.807, 2.05) is 13.0 Å². The molecule has 1 rings (SSSR count). The molecule has 1 aromatic heterocycles. The number of aromatic nitrogens is 1. The number of rotatable bonds is 2. The molecule has 1 heterocycles. The van der Waals surface area contributed by atoms with Crippen molar-refractivity contribution in [1.29, 1.82) is 0 Å². The van der Waals surface area contributed by atoms with Crippen LogP contribution >= 0.6 is 8.19 Å². The highest BCUT2D eigenvalue weighted by atomic mass is 31.0. The molecule has 0 saturated carbocycles. The van der Waals surface area contributed by atoms with Crippen LogP contribution in [-0.2, 0) is 0 Å². The monoisotopic (exact) mass is 151 g/mol. The van der Waals surface area contributed by atoms with Crippen LogP contribution in [0.25, 0.3) is 12.2 Å².